The van der Waals surface area contributed by atoms with Crippen molar-refractivity contribution in [3.05, 3.63) is 67.3 Å². The highest BCUT2D eigenvalue weighted by Crippen LogP contribution is 2.48. The van der Waals surface area contributed by atoms with Crippen LogP contribution < -0.4 is 14.8 Å². The summed E-state index contributed by atoms with van der Waals surface area (Å²) >= 11 is -2.57. The molecule has 3 aromatic rings. The van der Waals surface area contributed by atoms with Crippen molar-refractivity contribution >= 4 is 45.8 Å². The zero-order valence-corrected chi connectivity index (χ0v) is 34.7. The van der Waals surface area contributed by atoms with Crippen LogP contribution in [0.15, 0.2) is 67.3 Å². The van der Waals surface area contributed by atoms with E-state index in [4.69, 9.17) is 14.5 Å². The maximum atomic E-state index is 14.9. The minimum atomic E-state index is -2.57. The maximum absolute atomic E-state index is 14.9. The van der Waals surface area contributed by atoms with Crippen molar-refractivity contribution in [3.8, 4) is 22.8 Å². The van der Waals surface area contributed by atoms with Crippen LogP contribution in [0.3, 0.4) is 0 Å². The number of likely N-dealkylation sites (tertiary alicyclic amines) is 2. The minimum absolute atomic E-state index is 0.0172. The molecule has 2 aliphatic carbocycles. The number of rotatable bonds is 14. The predicted octanol–water partition coefficient (Wildman–Crippen LogP) is 5.90. The Morgan fingerprint density at radius 3 is 2.43 bits per heavy atom. The molecule has 0 radical (unpaired) electrons. The van der Waals surface area contributed by atoms with Crippen molar-refractivity contribution in [3.63, 3.8) is 0 Å². The Morgan fingerprint density at radius 1 is 1.09 bits per heavy atom. The van der Waals surface area contributed by atoms with Gasteiger partial charge in [-0.2, -0.15) is 0 Å². The van der Waals surface area contributed by atoms with Gasteiger partial charge in [0.25, 0.3) is 17.2 Å². The highest BCUT2D eigenvalue weighted by atomic mass is 32.2. The lowest BCUT2D eigenvalue weighted by molar-refractivity contribution is -0.146. The standard InChI is InChI=1S/C44H55N5O8S/c1-6-30-26-44(30,42(53)49(58(54)55)31-15-16-31)46-40(51)37-23-33(27-48(37)41(52)29(25-43(2,3)4)21-39(50)47-19-11-8-12-20-47)57-38-24-35(28-13-9-7-10-14-28)45-36-22-32(56-5)17-18-34(36)38/h6-7,9-10,13-14,17-18,22,24,29-31,33,37H,1,8,11-12,15-16,19-21,23,25-27H2,2-5H3,(H,46,51)(H,54,55)/t29-,30+,33+,37-,44+/m0/s1. The smallest absolute Gasteiger partial charge is 0.264 e. The quantitative estimate of drug-likeness (QED) is 0.149. The van der Waals surface area contributed by atoms with E-state index >= 15 is 0 Å². The monoisotopic (exact) mass is 813 g/mol. The molecule has 7 rings (SSSR count). The van der Waals surface area contributed by atoms with Crippen molar-refractivity contribution in [1.82, 2.24) is 24.4 Å². The molecule has 2 aliphatic heterocycles. The van der Waals surface area contributed by atoms with Gasteiger partial charge in [-0.05, 0) is 62.5 Å². The van der Waals surface area contributed by atoms with Crippen LogP contribution in [0, 0.1) is 17.3 Å². The predicted molar refractivity (Wildman–Crippen MR) is 221 cm³/mol. The Bertz CT molecular complexity index is 2080. The number of carbonyl (C=O) groups excluding carboxylic acids is 4. The SMILES string of the molecule is C=C[C@@H]1C[C@]1(NC(=O)[C@@H]1C[C@@H](Oc2cc(-c3ccccc3)nc3cc(OC)ccc23)CN1C(=O)[C@@H](CC(=O)N1CCCCC1)CC(C)(C)C)C(=O)N(C1CC1)S(=O)O. The minimum Gasteiger partial charge on any atom is -0.497 e. The number of piperidine rings is 1. The molecule has 0 spiro atoms. The number of methoxy groups -OCH3 is 1. The normalized spacial score (nSPS) is 24.1. The van der Waals surface area contributed by atoms with Gasteiger partial charge < -0.3 is 24.6 Å². The Labute approximate surface area is 342 Å². The van der Waals surface area contributed by atoms with Gasteiger partial charge in [0.1, 0.15) is 29.2 Å². The molecule has 2 N–H and O–H groups in total. The lowest BCUT2D eigenvalue weighted by Gasteiger charge is -2.34. The van der Waals surface area contributed by atoms with Crippen LogP contribution in [-0.4, -0.2) is 102 Å². The molecule has 4 aliphatic rings. The van der Waals surface area contributed by atoms with Crippen LogP contribution in [0.5, 0.6) is 11.5 Å². The number of pyridine rings is 1. The average molecular weight is 814 g/mol. The van der Waals surface area contributed by atoms with Crippen LogP contribution in [0.25, 0.3) is 22.2 Å². The lowest BCUT2D eigenvalue weighted by Crippen LogP contribution is -2.57. The molecule has 4 amide bonds. The fraction of sp³-hybridized carbons (Fsp3) is 0.523. The summed E-state index contributed by atoms with van der Waals surface area (Å²) in [5, 5.41) is 3.67. The zero-order valence-electron chi connectivity index (χ0n) is 33.9. The molecule has 4 fully saturated rings. The van der Waals surface area contributed by atoms with Gasteiger partial charge in [-0.3, -0.25) is 23.7 Å². The number of carbonyl (C=O) groups is 4. The first-order valence-electron chi connectivity index (χ1n) is 20.4. The van der Waals surface area contributed by atoms with Crippen LogP contribution in [0.4, 0.5) is 0 Å². The molecule has 1 aromatic heterocycles. The number of nitrogens with zero attached hydrogens (tertiary/aromatic N) is 4. The molecule has 58 heavy (non-hydrogen) atoms. The molecule has 1 unspecified atom stereocenters. The Balaban J connectivity index is 1.22. The van der Waals surface area contributed by atoms with E-state index in [-0.39, 0.29) is 49.1 Å². The van der Waals surface area contributed by atoms with E-state index in [9.17, 15) is 27.9 Å². The summed E-state index contributed by atoms with van der Waals surface area (Å²) in [6, 6.07) is 15.6. The molecule has 14 heteroatoms. The molecular formula is C44H55N5O8S. The summed E-state index contributed by atoms with van der Waals surface area (Å²) in [4.78, 5) is 65.6. The number of benzene rings is 2. The van der Waals surface area contributed by atoms with Gasteiger partial charge in [0, 0.05) is 66.9 Å². The fourth-order valence-electron chi connectivity index (χ4n) is 8.60. The van der Waals surface area contributed by atoms with Crippen molar-refractivity contribution in [2.45, 2.75) is 102 Å². The molecule has 2 aromatic carbocycles. The van der Waals surface area contributed by atoms with Gasteiger partial charge >= 0.3 is 0 Å². The molecule has 3 heterocycles. The second-order valence-electron chi connectivity index (χ2n) is 17.4. The maximum Gasteiger partial charge on any atom is 0.264 e. The third-order valence-electron chi connectivity index (χ3n) is 11.8. The first-order valence-corrected chi connectivity index (χ1v) is 21.5. The molecule has 13 nitrogen and oxygen atoms in total. The van der Waals surface area contributed by atoms with Gasteiger partial charge in [0.2, 0.25) is 17.7 Å². The van der Waals surface area contributed by atoms with Gasteiger partial charge in [0.15, 0.2) is 0 Å². The summed E-state index contributed by atoms with van der Waals surface area (Å²) in [5.74, 6) is -1.63. The number of nitrogens with one attached hydrogen (secondary N) is 1. The van der Waals surface area contributed by atoms with E-state index in [1.807, 2.05) is 80.3 Å². The third-order valence-corrected chi connectivity index (χ3v) is 12.6. The summed E-state index contributed by atoms with van der Waals surface area (Å²) < 4.78 is 35.8. The Kier molecular flexibility index (Phi) is 12.0. The number of hydrogen-bond acceptors (Lipinski definition) is 8. The molecule has 0 bridgehead atoms. The number of hydrogen-bond donors (Lipinski definition) is 2. The third kappa shape index (κ3) is 8.92. The highest BCUT2D eigenvalue weighted by Gasteiger charge is 2.64. The molecule has 2 saturated heterocycles. The summed E-state index contributed by atoms with van der Waals surface area (Å²) in [7, 11) is 1.59. The van der Waals surface area contributed by atoms with Gasteiger partial charge in [0.05, 0.1) is 24.9 Å². The largest absolute Gasteiger partial charge is 0.497 e. The second-order valence-corrected chi connectivity index (χ2v) is 18.3. The first kappa shape index (κ1) is 41.3. The van der Waals surface area contributed by atoms with Crippen LogP contribution in [-0.2, 0) is 30.4 Å². The molecule has 6 atom stereocenters. The van der Waals surface area contributed by atoms with E-state index in [1.165, 1.54) is 4.90 Å². The second kappa shape index (κ2) is 16.8. The van der Waals surface area contributed by atoms with Crippen molar-refractivity contribution in [1.29, 1.82) is 0 Å². The van der Waals surface area contributed by atoms with E-state index in [0.717, 1.165) is 34.5 Å². The number of fused-ring (bicyclic) bond motifs is 1. The van der Waals surface area contributed by atoms with Crippen LogP contribution in [0.2, 0.25) is 0 Å². The van der Waals surface area contributed by atoms with E-state index < -0.39 is 52.6 Å². The number of amides is 4. The summed E-state index contributed by atoms with van der Waals surface area (Å²) in [6.45, 7) is 11.3. The Morgan fingerprint density at radius 2 is 1.81 bits per heavy atom. The van der Waals surface area contributed by atoms with Crippen molar-refractivity contribution in [2.75, 3.05) is 26.7 Å². The van der Waals surface area contributed by atoms with Gasteiger partial charge in [-0.25, -0.2) is 13.5 Å². The van der Waals surface area contributed by atoms with E-state index in [1.54, 1.807) is 13.2 Å². The summed E-state index contributed by atoms with van der Waals surface area (Å²) in [5.41, 5.74) is 0.413. The van der Waals surface area contributed by atoms with Crippen LogP contribution in [0.1, 0.15) is 78.6 Å². The highest BCUT2D eigenvalue weighted by molar-refractivity contribution is 7.77. The van der Waals surface area contributed by atoms with E-state index in [2.05, 4.69) is 11.9 Å². The average Bonchev–Trinajstić information content (AvgIpc) is 4.13. The topological polar surface area (TPSA) is 159 Å². The molecule has 310 valence electrons. The van der Waals surface area contributed by atoms with Gasteiger partial charge in [-0.15, -0.1) is 6.58 Å². The number of aromatic nitrogens is 1. The first-order chi connectivity index (χ1) is 27.7. The van der Waals surface area contributed by atoms with E-state index in [0.29, 0.717) is 55.1 Å². The van der Waals surface area contributed by atoms with Gasteiger partial charge in [-0.1, -0.05) is 57.2 Å². The Hall–Kier alpha value is -4.82. The summed E-state index contributed by atoms with van der Waals surface area (Å²) in [6.07, 6.45) is 5.78. The van der Waals surface area contributed by atoms with Crippen molar-refractivity contribution in [2.24, 2.45) is 17.3 Å². The fourth-order valence-corrected chi connectivity index (χ4v) is 9.38. The number of ether oxygens (including phenoxy) is 2. The lowest BCUT2D eigenvalue weighted by atomic mass is 9.82. The molecular weight excluding hydrogens is 759 g/mol. The molecule has 2 saturated carbocycles. The van der Waals surface area contributed by atoms with Crippen LogP contribution >= 0.6 is 0 Å². The zero-order chi connectivity index (χ0) is 41.4. The van der Waals surface area contributed by atoms with Crippen molar-refractivity contribution < 1.29 is 37.4 Å².